The molecule has 6 heteroatoms. The van der Waals surface area contributed by atoms with Gasteiger partial charge in [-0.1, -0.05) is 23.8 Å². The number of allylic oxidation sites excluding steroid dienone is 1. The summed E-state index contributed by atoms with van der Waals surface area (Å²) >= 11 is 0. The van der Waals surface area contributed by atoms with Crippen LogP contribution in [-0.4, -0.2) is 28.5 Å². The molecule has 142 valence electrons. The maximum absolute atomic E-state index is 13.3. The molecule has 3 rings (SSSR count). The SMILES string of the molecule is CC(C)=C[C@H]1NCC[C@@]2(N[S@@](=O)C(C)(C)C)C(=O)N(C)c3cccc1c32. The molecule has 5 nitrogen and oxygen atoms in total. The largest absolute Gasteiger partial charge is 0.313 e. The fourth-order valence-electron chi connectivity index (χ4n) is 3.76. The van der Waals surface area contributed by atoms with Gasteiger partial charge in [-0.15, -0.1) is 0 Å². The van der Waals surface area contributed by atoms with Gasteiger partial charge in [-0.3, -0.25) is 4.79 Å². The van der Waals surface area contributed by atoms with E-state index >= 15 is 0 Å². The van der Waals surface area contributed by atoms with Gasteiger partial charge < -0.3 is 10.2 Å². The minimum absolute atomic E-state index is 0.0304. The number of nitrogens with zero attached hydrogens (tertiary/aromatic N) is 1. The van der Waals surface area contributed by atoms with Gasteiger partial charge in [0.25, 0.3) is 5.91 Å². The molecule has 2 aliphatic heterocycles. The van der Waals surface area contributed by atoms with E-state index in [0.717, 1.165) is 16.8 Å². The zero-order valence-corrected chi connectivity index (χ0v) is 17.3. The highest BCUT2D eigenvalue weighted by Crippen LogP contribution is 2.47. The number of benzene rings is 1. The lowest BCUT2D eigenvalue weighted by Crippen LogP contribution is -2.54. The molecule has 3 atom stereocenters. The average Bonchev–Trinajstić information content (AvgIpc) is 2.68. The number of anilines is 1. The molecule has 0 aromatic heterocycles. The van der Waals surface area contributed by atoms with Gasteiger partial charge in [-0.25, -0.2) is 8.93 Å². The molecule has 0 bridgehead atoms. The second kappa shape index (κ2) is 6.59. The molecule has 0 aliphatic carbocycles. The van der Waals surface area contributed by atoms with E-state index in [1.165, 1.54) is 5.57 Å². The van der Waals surface area contributed by atoms with Crippen LogP contribution < -0.4 is 14.9 Å². The maximum atomic E-state index is 13.3. The van der Waals surface area contributed by atoms with E-state index in [9.17, 15) is 9.00 Å². The van der Waals surface area contributed by atoms with Gasteiger partial charge in [0.1, 0.15) is 5.54 Å². The number of rotatable bonds is 3. The van der Waals surface area contributed by atoms with Crippen molar-refractivity contribution in [3.8, 4) is 0 Å². The first-order valence-electron chi connectivity index (χ1n) is 9.07. The summed E-state index contributed by atoms with van der Waals surface area (Å²) in [5.74, 6) is -0.0304. The Balaban J connectivity index is 2.21. The molecule has 0 saturated carbocycles. The van der Waals surface area contributed by atoms with Crippen molar-refractivity contribution in [2.75, 3.05) is 18.5 Å². The van der Waals surface area contributed by atoms with Crippen LogP contribution in [0.2, 0.25) is 0 Å². The van der Waals surface area contributed by atoms with Crippen LogP contribution in [0.3, 0.4) is 0 Å². The van der Waals surface area contributed by atoms with E-state index in [0.29, 0.717) is 13.0 Å². The molecular weight excluding hydrogens is 346 g/mol. The third-order valence-corrected chi connectivity index (χ3v) is 6.70. The summed E-state index contributed by atoms with van der Waals surface area (Å²) in [5.41, 5.74) is 3.23. The van der Waals surface area contributed by atoms with Crippen LogP contribution in [0.1, 0.15) is 58.2 Å². The predicted octanol–water partition coefficient (Wildman–Crippen LogP) is 2.91. The summed E-state index contributed by atoms with van der Waals surface area (Å²) in [5, 5.41) is 3.55. The van der Waals surface area contributed by atoms with E-state index in [2.05, 4.69) is 36.0 Å². The Morgan fingerprint density at radius 3 is 2.69 bits per heavy atom. The van der Waals surface area contributed by atoms with E-state index in [1.807, 2.05) is 32.9 Å². The number of amides is 1. The van der Waals surface area contributed by atoms with Crippen molar-refractivity contribution in [2.45, 2.75) is 57.4 Å². The summed E-state index contributed by atoms with van der Waals surface area (Å²) in [7, 11) is 0.451. The lowest BCUT2D eigenvalue weighted by atomic mass is 9.85. The van der Waals surface area contributed by atoms with E-state index in [4.69, 9.17) is 0 Å². The molecule has 0 unspecified atom stereocenters. The minimum atomic E-state index is -1.35. The lowest BCUT2D eigenvalue weighted by molar-refractivity contribution is -0.123. The first-order chi connectivity index (χ1) is 12.1. The molecule has 1 aromatic carbocycles. The van der Waals surface area contributed by atoms with Crippen molar-refractivity contribution in [1.29, 1.82) is 0 Å². The van der Waals surface area contributed by atoms with Crippen molar-refractivity contribution in [2.24, 2.45) is 0 Å². The number of carbonyl (C=O) groups excluding carboxylic acids is 1. The third kappa shape index (κ3) is 3.04. The topological polar surface area (TPSA) is 61.4 Å². The smallest absolute Gasteiger partial charge is 0.252 e. The molecule has 0 spiro atoms. The first kappa shape index (κ1) is 19.3. The summed E-state index contributed by atoms with van der Waals surface area (Å²) in [6.07, 6.45) is 2.75. The van der Waals surface area contributed by atoms with Crippen molar-refractivity contribution in [3.05, 3.63) is 41.0 Å². The van der Waals surface area contributed by atoms with Crippen LogP contribution in [0.15, 0.2) is 29.8 Å². The highest BCUT2D eigenvalue weighted by atomic mass is 32.2. The van der Waals surface area contributed by atoms with Gasteiger partial charge in [-0.05, 0) is 59.2 Å². The van der Waals surface area contributed by atoms with Gasteiger partial charge in [-0.2, -0.15) is 0 Å². The summed E-state index contributed by atoms with van der Waals surface area (Å²) in [6, 6.07) is 6.09. The van der Waals surface area contributed by atoms with Gasteiger partial charge >= 0.3 is 0 Å². The van der Waals surface area contributed by atoms with Gasteiger partial charge in [0.15, 0.2) is 0 Å². The number of nitrogens with one attached hydrogen (secondary N) is 2. The van der Waals surface area contributed by atoms with Crippen molar-refractivity contribution >= 4 is 22.6 Å². The minimum Gasteiger partial charge on any atom is -0.313 e. The molecule has 0 radical (unpaired) electrons. The molecular formula is C20H29N3O2S. The zero-order valence-electron chi connectivity index (χ0n) is 16.5. The average molecular weight is 376 g/mol. The predicted molar refractivity (Wildman–Crippen MR) is 107 cm³/mol. The first-order valence-corrected chi connectivity index (χ1v) is 10.2. The van der Waals surface area contributed by atoms with Crippen LogP contribution in [0, 0.1) is 0 Å². The molecule has 2 N–H and O–H groups in total. The lowest BCUT2D eigenvalue weighted by Gasteiger charge is -2.32. The third-order valence-electron chi connectivity index (χ3n) is 5.05. The quantitative estimate of drug-likeness (QED) is 0.799. The van der Waals surface area contributed by atoms with Crippen LogP contribution in [0.5, 0.6) is 0 Å². The zero-order chi connectivity index (χ0) is 19.3. The standard InChI is InChI=1S/C20H29N3O2S/c1-13(2)12-15-14-8-7-9-16-17(14)20(10-11-21-15,18(24)23(16)6)22-26(25)19(3,4)5/h7-9,12,15,21-22H,10-11H2,1-6H3/t15-,20+,26+/m1/s1. The Labute approximate surface area is 158 Å². The Hall–Kier alpha value is -1.50. The Morgan fingerprint density at radius 2 is 2.08 bits per heavy atom. The highest BCUT2D eigenvalue weighted by molar-refractivity contribution is 7.84. The number of likely N-dealkylation sites (N-methyl/N-ethyl adjacent to an activating group) is 1. The molecule has 1 amide bonds. The van der Waals surface area contributed by atoms with Crippen LogP contribution in [0.25, 0.3) is 0 Å². The molecule has 0 fully saturated rings. The second-order valence-corrected chi connectivity index (χ2v) is 10.4. The van der Waals surface area contributed by atoms with Crippen molar-refractivity contribution in [1.82, 2.24) is 10.0 Å². The highest BCUT2D eigenvalue weighted by Gasteiger charge is 2.53. The molecule has 1 aromatic rings. The number of hydrogen-bond acceptors (Lipinski definition) is 3. The molecule has 26 heavy (non-hydrogen) atoms. The summed E-state index contributed by atoms with van der Waals surface area (Å²) in [4.78, 5) is 15.0. The molecule has 0 saturated heterocycles. The molecule has 2 heterocycles. The molecule has 2 aliphatic rings. The van der Waals surface area contributed by atoms with Crippen LogP contribution >= 0.6 is 0 Å². The number of carbonyl (C=O) groups is 1. The summed E-state index contributed by atoms with van der Waals surface area (Å²) in [6.45, 7) is 10.6. The van der Waals surface area contributed by atoms with Crippen molar-refractivity contribution in [3.63, 3.8) is 0 Å². The van der Waals surface area contributed by atoms with Crippen LogP contribution in [0.4, 0.5) is 5.69 Å². The Morgan fingerprint density at radius 1 is 1.38 bits per heavy atom. The number of hydrogen-bond donors (Lipinski definition) is 2. The second-order valence-electron chi connectivity index (χ2n) is 8.42. The van der Waals surface area contributed by atoms with Crippen molar-refractivity contribution < 1.29 is 9.00 Å². The fraction of sp³-hybridized carbons (Fsp3) is 0.550. The maximum Gasteiger partial charge on any atom is 0.252 e. The van der Waals surface area contributed by atoms with E-state index in [1.54, 1.807) is 11.9 Å². The Bertz CT molecular complexity index is 793. The van der Waals surface area contributed by atoms with Gasteiger partial charge in [0.05, 0.1) is 21.8 Å². The Kier molecular flexibility index (Phi) is 4.88. The van der Waals surface area contributed by atoms with E-state index < -0.39 is 21.3 Å². The summed E-state index contributed by atoms with van der Waals surface area (Å²) < 4.78 is 15.7. The van der Waals surface area contributed by atoms with Crippen LogP contribution in [-0.2, 0) is 21.3 Å². The van der Waals surface area contributed by atoms with E-state index in [-0.39, 0.29) is 11.9 Å². The fourth-order valence-corrected chi connectivity index (χ4v) is 4.67. The normalized spacial score (nSPS) is 26.3. The van der Waals surface area contributed by atoms with Gasteiger partial charge in [0, 0.05) is 18.3 Å². The van der Waals surface area contributed by atoms with Gasteiger partial charge in [0.2, 0.25) is 0 Å². The monoisotopic (exact) mass is 375 g/mol.